The van der Waals surface area contributed by atoms with Crippen LogP contribution in [-0.2, 0) is 11.2 Å². The standard InChI is InChI=1S/C16H21NO4/c1-16(15(18)19,17-7-3-2-4-8-17)10-12-5-6-13-14(9-12)21-11-20-13/h5-6,9H,2-4,7-8,10-11H2,1H3,(H,18,19). The van der Waals surface area contributed by atoms with Gasteiger partial charge in [-0.2, -0.15) is 0 Å². The van der Waals surface area contributed by atoms with Gasteiger partial charge in [0.05, 0.1) is 0 Å². The Morgan fingerprint density at radius 2 is 1.95 bits per heavy atom. The average molecular weight is 291 g/mol. The van der Waals surface area contributed by atoms with Crippen LogP contribution in [0.3, 0.4) is 0 Å². The number of rotatable bonds is 4. The molecule has 114 valence electrons. The van der Waals surface area contributed by atoms with E-state index >= 15 is 0 Å². The molecule has 1 unspecified atom stereocenters. The fourth-order valence-electron chi connectivity index (χ4n) is 3.16. The number of carboxylic acids is 1. The Morgan fingerprint density at radius 1 is 1.24 bits per heavy atom. The summed E-state index contributed by atoms with van der Waals surface area (Å²) in [6.45, 7) is 3.77. The number of nitrogens with zero attached hydrogens (tertiary/aromatic N) is 1. The Kier molecular flexibility index (Phi) is 3.76. The molecule has 0 aliphatic carbocycles. The molecule has 2 heterocycles. The van der Waals surface area contributed by atoms with E-state index < -0.39 is 11.5 Å². The summed E-state index contributed by atoms with van der Waals surface area (Å²) in [6, 6.07) is 5.68. The van der Waals surface area contributed by atoms with Crippen molar-refractivity contribution in [3.63, 3.8) is 0 Å². The molecule has 3 rings (SSSR count). The third kappa shape index (κ3) is 2.70. The van der Waals surface area contributed by atoms with Crippen LogP contribution in [0, 0.1) is 0 Å². The third-order valence-electron chi connectivity index (χ3n) is 4.50. The molecule has 0 spiro atoms. The van der Waals surface area contributed by atoms with Crippen molar-refractivity contribution in [3.8, 4) is 11.5 Å². The topological polar surface area (TPSA) is 59.0 Å². The normalized spacial score (nSPS) is 21.0. The van der Waals surface area contributed by atoms with Crippen molar-refractivity contribution >= 4 is 5.97 Å². The van der Waals surface area contributed by atoms with Gasteiger partial charge in [-0.05, 0) is 50.6 Å². The lowest BCUT2D eigenvalue weighted by atomic mass is 9.89. The second-order valence-corrected chi connectivity index (χ2v) is 5.99. The zero-order valence-corrected chi connectivity index (χ0v) is 12.3. The SMILES string of the molecule is CC(Cc1ccc2c(c1)OCO2)(C(=O)O)N1CCCCC1. The number of aliphatic carboxylic acids is 1. The third-order valence-corrected chi connectivity index (χ3v) is 4.50. The van der Waals surface area contributed by atoms with E-state index in [1.165, 1.54) is 6.42 Å². The molecule has 0 amide bonds. The van der Waals surface area contributed by atoms with Crippen molar-refractivity contribution in [2.24, 2.45) is 0 Å². The van der Waals surface area contributed by atoms with Crippen molar-refractivity contribution in [2.45, 2.75) is 38.1 Å². The summed E-state index contributed by atoms with van der Waals surface area (Å²) in [5.74, 6) is 0.676. The van der Waals surface area contributed by atoms with E-state index in [0.29, 0.717) is 12.2 Å². The minimum atomic E-state index is -0.867. The maximum absolute atomic E-state index is 11.9. The fourth-order valence-corrected chi connectivity index (χ4v) is 3.16. The molecule has 1 atom stereocenters. The summed E-state index contributed by atoms with van der Waals surface area (Å²) in [5.41, 5.74) is 0.100. The quantitative estimate of drug-likeness (QED) is 0.922. The number of piperidine rings is 1. The van der Waals surface area contributed by atoms with Gasteiger partial charge in [-0.1, -0.05) is 12.5 Å². The number of hydrogen-bond acceptors (Lipinski definition) is 4. The average Bonchev–Trinajstić information content (AvgIpc) is 2.95. The number of fused-ring (bicyclic) bond motifs is 1. The second kappa shape index (κ2) is 5.56. The number of carboxylic acid groups (broad SMARTS) is 1. The van der Waals surface area contributed by atoms with Crippen LogP contribution in [0.25, 0.3) is 0 Å². The number of ether oxygens (including phenoxy) is 2. The smallest absolute Gasteiger partial charge is 0.324 e. The molecule has 5 heteroatoms. The van der Waals surface area contributed by atoms with Gasteiger partial charge in [0.15, 0.2) is 11.5 Å². The van der Waals surface area contributed by atoms with Crippen molar-refractivity contribution in [1.82, 2.24) is 4.90 Å². The van der Waals surface area contributed by atoms with Crippen LogP contribution in [0.4, 0.5) is 0 Å². The first kappa shape index (κ1) is 14.2. The van der Waals surface area contributed by atoms with Gasteiger partial charge in [0, 0.05) is 6.42 Å². The van der Waals surface area contributed by atoms with Gasteiger partial charge in [0.1, 0.15) is 5.54 Å². The van der Waals surface area contributed by atoms with E-state index in [-0.39, 0.29) is 6.79 Å². The predicted octanol–water partition coefficient (Wildman–Crippen LogP) is 2.29. The minimum absolute atomic E-state index is 0.237. The van der Waals surface area contributed by atoms with Crippen molar-refractivity contribution in [1.29, 1.82) is 0 Å². The fraction of sp³-hybridized carbons (Fsp3) is 0.562. The van der Waals surface area contributed by atoms with E-state index in [1.807, 2.05) is 25.1 Å². The van der Waals surface area contributed by atoms with Crippen LogP contribution in [0.15, 0.2) is 18.2 Å². The molecule has 5 nitrogen and oxygen atoms in total. The van der Waals surface area contributed by atoms with Gasteiger partial charge in [0.25, 0.3) is 0 Å². The Bertz CT molecular complexity index is 539. The van der Waals surface area contributed by atoms with E-state index in [2.05, 4.69) is 4.90 Å². The Labute approximate surface area is 124 Å². The highest BCUT2D eigenvalue weighted by atomic mass is 16.7. The monoisotopic (exact) mass is 291 g/mol. The number of likely N-dealkylation sites (tertiary alicyclic amines) is 1. The molecule has 21 heavy (non-hydrogen) atoms. The summed E-state index contributed by atoms with van der Waals surface area (Å²) < 4.78 is 10.7. The first-order valence-electron chi connectivity index (χ1n) is 7.46. The van der Waals surface area contributed by atoms with Gasteiger partial charge < -0.3 is 14.6 Å². The molecule has 1 aromatic carbocycles. The van der Waals surface area contributed by atoms with Crippen molar-refractivity contribution in [2.75, 3.05) is 19.9 Å². The van der Waals surface area contributed by atoms with E-state index in [0.717, 1.165) is 37.2 Å². The molecule has 0 bridgehead atoms. The highest BCUT2D eigenvalue weighted by molar-refractivity contribution is 5.78. The van der Waals surface area contributed by atoms with Gasteiger partial charge in [-0.25, -0.2) is 0 Å². The summed E-state index contributed by atoms with van der Waals surface area (Å²) >= 11 is 0. The first-order valence-corrected chi connectivity index (χ1v) is 7.46. The van der Waals surface area contributed by atoms with E-state index in [9.17, 15) is 9.90 Å². The van der Waals surface area contributed by atoms with Gasteiger partial charge in [0.2, 0.25) is 6.79 Å². The van der Waals surface area contributed by atoms with Crippen LogP contribution in [0.2, 0.25) is 0 Å². The summed E-state index contributed by atoms with van der Waals surface area (Å²) in [4.78, 5) is 14.0. The summed E-state index contributed by atoms with van der Waals surface area (Å²) in [5, 5.41) is 9.74. The lowest BCUT2D eigenvalue weighted by molar-refractivity contribution is -0.151. The highest BCUT2D eigenvalue weighted by Crippen LogP contribution is 2.34. The first-order chi connectivity index (χ1) is 10.1. The van der Waals surface area contributed by atoms with Gasteiger partial charge in [-0.3, -0.25) is 9.69 Å². The minimum Gasteiger partial charge on any atom is -0.480 e. The highest BCUT2D eigenvalue weighted by Gasteiger charge is 2.40. The van der Waals surface area contributed by atoms with Crippen LogP contribution in [-0.4, -0.2) is 41.4 Å². The van der Waals surface area contributed by atoms with Crippen molar-refractivity contribution < 1.29 is 19.4 Å². The van der Waals surface area contributed by atoms with E-state index in [1.54, 1.807) is 0 Å². The summed E-state index contributed by atoms with van der Waals surface area (Å²) in [7, 11) is 0. The lowest BCUT2D eigenvalue weighted by Gasteiger charge is -2.40. The van der Waals surface area contributed by atoms with Gasteiger partial charge in [-0.15, -0.1) is 0 Å². The maximum atomic E-state index is 11.9. The molecular weight excluding hydrogens is 270 g/mol. The Morgan fingerprint density at radius 3 is 2.67 bits per heavy atom. The van der Waals surface area contributed by atoms with Crippen LogP contribution >= 0.6 is 0 Å². The molecule has 0 saturated carbocycles. The molecule has 2 aliphatic heterocycles. The lowest BCUT2D eigenvalue weighted by Crippen LogP contribution is -2.55. The molecule has 0 radical (unpaired) electrons. The van der Waals surface area contributed by atoms with Gasteiger partial charge >= 0.3 is 5.97 Å². The Balaban J connectivity index is 1.83. The molecule has 1 saturated heterocycles. The molecule has 1 N–H and O–H groups in total. The molecule has 2 aliphatic rings. The number of hydrogen-bond donors (Lipinski definition) is 1. The van der Waals surface area contributed by atoms with Crippen LogP contribution in [0.1, 0.15) is 31.7 Å². The maximum Gasteiger partial charge on any atom is 0.324 e. The number of benzene rings is 1. The molecule has 0 aromatic heterocycles. The Hall–Kier alpha value is -1.75. The molecule has 1 fully saturated rings. The largest absolute Gasteiger partial charge is 0.480 e. The summed E-state index contributed by atoms with van der Waals surface area (Å²) in [6.07, 6.45) is 3.81. The molecule has 1 aromatic rings. The van der Waals surface area contributed by atoms with E-state index in [4.69, 9.17) is 9.47 Å². The van der Waals surface area contributed by atoms with Crippen molar-refractivity contribution in [3.05, 3.63) is 23.8 Å². The predicted molar refractivity (Wildman–Crippen MR) is 77.7 cm³/mol. The van der Waals surface area contributed by atoms with Crippen LogP contribution < -0.4 is 9.47 Å². The zero-order valence-electron chi connectivity index (χ0n) is 12.3. The zero-order chi connectivity index (χ0) is 14.9. The number of carbonyl (C=O) groups is 1. The van der Waals surface area contributed by atoms with Crippen LogP contribution in [0.5, 0.6) is 11.5 Å². The molecular formula is C16H21NO4. The second-order valence-electron chi connectivity index (χ2n) is 5.99.